The number of nitrogens with one attached hydrogen (secondary N) is 1. The van der Waals surface area contributed by atoms with Crippen LogP contribution in [0.5, 0.6) is 5.75 Å². The van der Waals surface area contributed by atoms with E-state index in [1.807, 2.05) is 62.6 Å². The molecular weight excluding hydrogens is 676 g/mol. The highest BCUT2D eigenvalue weighted by molar-refractivity contribution is 7.86. The van der Waals surface area contributed by atoms with Crippen molar-refractivity contribution in [1.82, 2.24) is 0 Å². The van der Waals surface area contributed by atoms with Crippen molar-refractivity contribution >= 4 is 55.4 Å². The first-order valence-corrected chi connectivity index (χ1v) is 18.9. The fraction of sp³-hybridized carbons (Fsp3) is 0.371. The lowest BCUT2D eigenvalue weighted by Crippen LogP contribution is -2.29. The van der Waals surface area contributed by atoms with Gasteiger partial charge in [0.25, 0.3) is 16.6 Å². The van der Waals surface area contributed by atoms with Crippen LogP contribution in [-0.2, 0) is 35.9 Å². The standard InChI is InChI=1S/C35H39ClN2O8S2/c1-22(47(40,41)42)17-18-38-30-14-11-25(46-21-39)19-28(30)35(4,5)32(38)16-10-24-8-6-7-23(33(24)36)9-15-31-34(2,3)27-20-26(48(43,44)45)12-13-29(27)37-31/h9-16,19-22H,6-8,17-18H2,1-5H3,(H2,40,41,42,43,44,45). The molecule has 0 bridgehead atoms. The molecule has 0 saturated carbocycles. The molecule has 13 heteroatoms. The molecule has 5 rings (SSSR count). The highest BCUT2D eigenvalue weighted by Gasteiger charge is 2.45. The average Bonchev–Trinajstić information content (AvgIpc) is 3.38. The molecule has 0 amide bonds. The molecule has 0 aromatic heterocycles. The number of allylic oxidation sites excluding steroid dienone is 8. The van der Waals surface area contributed by atoms with Crippen LogP contribution in [-0.4, -0.2) is 54.5 Å². The van der Waals surface area contributed by atoms with E-state index in [1.54, 1.807) is 18.2 Å². The number of benzene rings is 2. The Hall–Kier alpha value is -3.55. The SMILES string of the molecule is CC(CC[N+]1=C(/C=C/C2=C(Cl)C(=C/C=C3/Nc4ccc(S(=O)(=O)O)cc4C3(C)C)/CCC2)C(C)(C)c2cc(OC=O)ccc21)S(=O)(=O)[O-]. The minimum absolute atomic E-state index is 0.127. The maximum atomic E-state index is 11.7. The van der Waals surface area contributed by atoms with Crippen molar-refractivity contribution in [3.63, 3.8) is 0 Å². The summed E-state index contributed by atoms with van der Waals surface area (Å²) in [5.41, 5.74) is 5.76. The van der Waals surface area contributed by atoms with Crippen LogP contribution in [0.15, 0.2) is 87.5 Å². The number of rotatable bonds is 10. The highest BCUT2D eigenvalue weighted by Crippen LogP contribution is 2.45. The number of carbonyl (C=O) groups excluding carboxylic acids is 1. The Morgan fingerprint density at radius 1 is 1.02 bits per heavy atom. The molecule has 0 fully saturated rings. The van der Waals surface area contributed by atoms with Crippen LogP contribution in [0.4, 0.5) is 11.4 Å². The van der Waals surface area contributed by atoms with Gasteiger partial charge in [-0.3, -0.25) is 9.35 Å². The van der Waals surface area contributed by atoms with Crippen LogP contribution in [0, 0.1) is 0 Å². The van der Waals surface area contributed by atoms with Crippen molar-refractivity contribution in [2.75, 3.05) is 11.9 Å². The summed E-state index contributed by atoms with van der Waals surface area (Å²) in [4.78, 5) is 10.9. The van der Waals surface area contributed by atoms with Crippen molar-refractivity contribution in [2.24, 2.45) is 0 Å². The maximum absolute atomic E-state index is 11.7. The first kappa shape index (κ1) is 35.7. The predicted octanol–water partition coefficient (Wildman–Crippen LogP) is 6.62. The van der Waals surface area contributed by atoms with Gasteiger partial charge in [-0.2, -0.15) is 13.0 Å². The summed E-state index contributed by atoms with van der Waals surface area (Å²) in [6.07, 6.45) is 10.4. The van der Waals surface area contributed by atoms with Gasteiger partial charge in [-0.1, -0.05) is 37.6 Å². The van der Waals surface area contributed by atoms with Crippen molar-refractivity contribution in [1.29, 1.82) is 0 Å². The normalized spacial score (nSPS) is 21.1. The fourth-order valence-electron chi connectivity index (χ4n) is 6.56. The third kappa shape index (κ3) is 6.95. The minimum Gasteiger partial charge on any atom is -0.748 e. The van der Waals surface area contributed by atoms with Crippen LogP contribution in [0.25, 0.3) is 0 Å². The van der Waals surface area contributed by atoms with Gasteiger partial charge in [0, 0.05) is 46.0 Å². The lowest BCUT2D eigenvalue weighted by atomic mass is 9.81. The van der Waals surface area contributed by atoms with Crippen molar-refractivity contribution in [3.05, 3.63) is 93.7 Å². The van der Waals surface area contributed by atoms with Crippen LogP contribution < -0.4 is 10.1 Å². The fourth-order valence-corrected chi connectivity index (χ4v) is 7.77. The summed E-state index contributed by atoms with van der Waals surface area (Å²) in [5.74, 6) is 0.390. The van der Waals surface area contributed by atoms with Crippen molar-refractivity contribution < 1.29 is 40.0 Å². The summed E-state index contributed by atoms with van der Waals surface area (Å²) < 4.78 is 75.2. The van der Waals surface area contributed by atoms with E-state index in [0.717, 1.165) is 64.3 Å². The first-order valence-electron chi connectivity index (χ1n) is 15.6. The third-order valence-corrected chi connectivity index (χ3v) is 12.1. The summed E-state index contributed by atoms with van der Waals surface area (Å²) in [7, 11) is -8.79. The minimum atomic E-state index is -4.45. The molecule has 0 radical (unpaired) electrons. The Balaban J connectivity index is 1.48. The summed E-state index contributed by atoms with van der Waals surface area (Å²) in [6.45, 7) is 10.1. The van der Waals surface area contributed by atoms with Gasteiger partial charge in [0.1, 0.15) is 5.75 Å². The Morgan fingerprint density at radius 2 is 1.75 bits per heavy atom. The van der Waals surface area contributed by atoms with Gasteiger partial charge >= 0.3 is 0 Å². The van der Waals surface area contributed by atoms with E-state index in [-0.39, 0.29) is 17.9 Å². The quantitative estimate of drug-likeness (QED) is 0.157. The van der Waals surface area contributed by atoms with Crippen LogP contribution in [0.2, 0.25) is 0 Å². The van der Waals surface area contributed by atoms with Crippen molar-refractivity contribution in [2.45, 2.75) is 81.3 Å². The predicted molar refractivity (Wildman–Crippen MR) is 185 cm³/mol. The lowest BCUT2D eigenvalue weighted by Gasteiger charge is -2.21. The summed E-state index contributed by atoms with van der Waals surface area (Å²) >= 11 is 7.00. The van der Waals surface area contributed by atoms with E-state index in [0.29, 0.717) is 17.3 Å². The van der Waals surface area contributed by atoms with E-state index >= 15 is 0 Å². The summed E-state index contributed by atoms with van der Waals surface area (Å²) in [6, 6.07) is 9.80. The first-order chi connectivity index (χ1) is 22.4. The van der Waals surface area contributed by atoms with Gasteiger partial charge in [-0.15, -0.1) is 0 Å². The second-order valence-electron chi connectivity index (χ2n) is 13.4. The number of hydrogen-bond donors (Lipinski definition) is 2. The molecule has 1 unspecified atom stereocenters. The van der Waals surface area contributed by atoms with Crippen LogP contribution >= 0.6 is 11.6 Å². The zero-order chi connectivity index (χ0) is 35.2. The molecule has 256 valence electrons. The second-order valence-corrected chi connectivity index (χ2v) is 17.0. The van der Waals surface area contributed by atoms with Gasteiger partial charge in [-0.25, -0.2) is 8.42 Å². The van der Waals surface area contributed by atoms with E-state index < -0.39 is 36.3 Å². The topological polar surface area (TPSA) is 153 Å². The molecule has 1 atom stereocenters. The van der Waals surface area contributed by atoms with Gasteiger partial charge < -0.3 is 14.6 Å². The third-order valence-electron chi connectivity index (χ3n) is 9.55. The number of anilines is 1. The van der Waals surface area contributed by atoms with E-state index in [9.17, 15) is 30.7 Å². The van der Waals surface area contributed by atoms with Crippen molar-refractivity contribution in [3.8, 4) is 5.75 Å². The smallest absolute Gasteiger partial charge is 0.298 e. The second kappa shape index (κ2) is 13.1. The van der Waals surface area contributed by atoms with Crippen LogP contribution in [0.1, 0.15) is 71.4 Å². The van der Waals surface area contributed by atoms with Gasteiger partial charge in [0.05, 0.1) is 25.7 Å². The summed E-state index contributed by atoms with van der Waals surface area (Å²) in [5, 5.41) is 2.93. The Morgan fingerprint density at radius 3 is 2.42 bits per heavy atom. The zero-order valence-electron chi connectivity index (χ0n) is 27.4. The lowest BCUT2D eigenvalue weighted by molar-refractivity contribution is -0.438. The monoisotopic (exact) mass is 714 g/mol. The van der Waals surface area contributed by atoms with E-state index in [4.69, 9.17) is 16.3 Å². The zero-order valence-corrected chi connectivity index (χ0v) is 29.8. The molecule has 0 saturated heterocycles. The van der Waals surface area contributed by atoms with Gasteiger partial charge in [0.15, 0.2) is 12.3 Å². The Kier molecular flexibility index (Phi) is 9.72. The van der Waals surface area contributed by atoms with Gasteiger partial charge in [-0.05, 0) is 93.2 Å². The largest absolute Gasteiger partial charge is 0.748 e. The Labute approximate surface area is 287 Å². The molecule has 2 aromatic carbocycles. The molecule has 2 aromatic rings. The molecule has 48 heavy (non-hydrogen) atoms. The molecule has 2 N–H and O–H groups in total. The highest BCUT2D eigenvalue weighted by atomic mass is 35.5. The molecule has 0 spiro atoms. The molecule has 2 heterocycles. The Bertz CT molecular complexity index is 2060. The number of fused-ring (bicyclic) bond motifs is 2. The number of hydrogen-bond acceptors (Lipinski definition) is 8. The van der Waals surface area contributed by atoms with E-state index in [1.165, 1.54) is 19.1 Å². The van der Waals surface area contributed by atoms with Crippen LogP contribution in [0.3, 0.4) is 0 Å². The number of carbonyl (C=O) groups is 1. The average molecular weight is 715 g/mol. The van der Waals surface area contributed by atoms with E-state index in [2.05, 4.69) is 5.32 Å². The number of halogens is 1. The molecule has 3 aliphatic rings. The number of nitrogens with zero attached hydrogens (tertiary/aromatic N) is 1. The van der Waals surface area contributed by atoms with Gasteiger partial charge in [0.2, 0.25) is 5.69 Å². The molecule has 1 aliphatic carbocycles. The molecular formula is C35H39ClN2O8S2. The maximum Gasteiger partial charge on any atom is 0.298 e. The number of ether oxygens (including phenoxy) is 1. The molecule has 10 nitrogen and oxygen atoms in total. The molecule has 2 aliphatic heterocycles.